The minimum Gasteiger partial charge on any atom is -0.497 e. The van der Waals surface area contributed by atoms with Crippen molar-refractivity contribution in [3.05, 3.63) is 86.5 Å². The van der Waals surface area contributed by atoms with Crippen LogP contribution in [0.1, 0.15) is 16.7 Å². The molecule has 0 aromatic heterocycles. The van der Waals surface area contributed by atoms with Gasteiger partial charge in [0.1, 0.15) is 17.9 Å². The third kappa shape index (κ3) is 5.41. The van der Waals surface area contributed by atoms with Crippen molar-refractivity contribution in [2.45, 2.75) is 6.61 Å². The van der Waals surface area contributed by atoms with Crippen molar-refractivity contribution in [3.63, 3.8) is 0 Å². The zero-order valence-corrected chi connectivity index (χ0v) is 21.9. The standard InChI is InChI=1S/C27H20IN3O6/c1-35-20-9-7-19(8-10-20)31-26(33)21(25(32)30-27(31)34)11-16-12-22(28)24(23(13-16)36-2)37-15-18-6-4-3-5-17(18)14-29/h3-13H,15H2,1-2H3,(H,30,32,34)/b21-11-. The van der Waals surface area contributed by atoms with E-state index in [9.17, 15) is 19.6 Å². The van der Waals surface area contributed by atoms with Gasteiger partial charge in [0.05, 0.1) is 35.1 Å². The average molecular weight is 609 g/mol. The first-order valence-electron chi connectivity index (χ1n) is 10.9. The normalized spacial score (nSPS) is 14.3. The minimum absolute atomic E-state index is 0.149. The number of nitrogens with zero attached hydrogens (tertiary/aromatic N) is 2. The van der Waals surface area contributed by atoms with Crippen LogP contribution in [0.3, 0.4) is 0 Å². The number of hydrogen-bond donors (Lipinski definition) is 1. The summed E-state index contributed by atoms with van der Waals surface area (Å²) in [5, 5.41) is 11.5. The zero-order valence-electron chi connectivity index (χ0n) is 19.8. The molecule has 0 bridgehead atoms. The van der Waals surface area contributed by atoms with E-state index in [-0.39, 0.29) is 17.9 Å². The summed E-state index contributed by atoms with van der Waals surface area (Å²) >= 11 is 2.06. The molecule has 0 radical (unpaired) electrons. The summed E-state index contributed by atoms with van der Waals surface area (Å²) < 4.78 is 17.2. The van der Waals surface area contributed by atoms with Crippen molar-refractivity contribution >= 4 is 52.2 Å². The van der Waals surface area contributed by atoms with Crippen LogP contribution in [-0.4, -0.2) is 32.1 Å². The van der Waals surface area contributed by atoms with Crippen LogP contribution >= 0.6 is 22.6 Å². The van der Waals surface area contributed by atoms with E-state index in [2.05, 4.69) is 34.0 Å². The van der Waals surface area contributed by atoms with E-state index in [0.717, 1.165) is 10.5 Å². The number of carbonyl (C=O) groups excluding carboxylic acids is 3. The van der Waals surface area contributed by atoms with E-state index in [4.69, 9.17) is 14.2 Å². The molecule has 0 atom stereocenters. The SMILES string of the molecule is COc1ccc(N2C(=O)NC(=O)/C(=C/c3cc(I)c(OCc4ccccc4C#N)c(OC)c3)C2=O)cc1. The maximum atomic E-state index is 13.2. The molecule has 1 fully saturated rings. The highest BCUT2D eigenvalue weighted by molar-refractivity contribution is 14.1. The molecule has 3 aromatic rings. The maximum absolute atomic E-state index is 13.2. The lowest BCUT2D eigenvalue weighted by Gasteiger charge is -2.26. The van der Waals surface area contributed by atoms with Crippen molar-refractivity contribution in [3.8, 4) is 23.3 Å². The number of nitriles is 1. The summed E-state index contributed by atoms with van der Waals surface area (Å²) in [5.74, 6) is -0.184. The smallest absolute Gasteiger partial charge is 0.335 e. The summed E-state index contributed by atoms with van der Waals surface area (Å²) in [6, 6.07) is 18.1. The molecule has 1 aliphatic rings. The molecule has 186 valence electrons. The van der Waals surface area contributed by atoms with Gasteiger partial charge in [0.15, 0.2) is 11.5 Å². The third-order valence-electron chi connectivity index (χ3n) is 5.50. The van der Waals surface area contributed by atoms with Crippen molar-refractivity contribution < 1.29 is 28.6 Å². The fraction of sp³-hybridized carbons (Fsp3) is 0.111. The number of hydrogen-bond acceptors (Lipinski definition) is 7. The van der Waals surface area contributed by atoms with Crippen LogP contribution in [0.25, 0.3) is 6.08 Å². The Bertz CT molecular complexity index is 1460. The Kier molecular flexibility index (Phi) is 7.74. The number of methoxy groups -OCH3 is 2. The molecular weight excluding hydrogens is 589 g/mol. The number of ether oxygens (including phenoxy) is 3. The van der Waals surface area contributed by atoms with Crippen molar-refractivity contribution in [1.29, 1.82) is 5.26 Å². The van der Waals surface area contributed by atoms with Gasteiger partial charge in [-0.3, -0.25) is 14.9 Å². The largest absolute Gasteiger partial charge is 0.497 e. The van der Waals surface area contributed by atoms with Gasteiger partial charge in [-0.1, -0.05) is 18.2 Å². The fourth-order valence-corrected chi connectivity index (χ4v) is 4.44. The maximum Gasteiger partial charge on any atom is 0.335 e. The Morgan fingerprint density at radius 2 is 1.76 bits per heavy atom. The number of barbiturate groups is 1. The average Bonchev–Trinajstić information content (AvgIpc) is 2.90. The molecule has 9 nitrogen and oxygen atoms in total. The highest BCUT2D eigenvalue weighted by atomic mass is 127. The first kappa shape index (κ1) is 25.7. The molecule has 0 aliphatic carbocycles. The number of rotatable bonds is 7. The van der Waals surface area contributed by atoms with Crippen LogP contribution < -0.4 is 24.4 Å². The van der Waals surface area contributed by atoms with Gasteiger partial charge in [0.25, 0.3) is 11.8 Å². The number of halogens is 1. The zero-order chi connectivity index (χ0) is 26.5. The van der Waals surface area contributed by atoms with Gasteiger partial charge in [0, 0.05) is 5.56 Å². The van der Waals surface area contributed by atoms with Crippen LogP contribution in [0.15, 0.2) is 66.2 Å². The fourth-order valence-electron chi connectivity index (χ4n) is 3.66. The van der Waals surface area contributed by atoms with Crippen LogP contribution in [-0.2, 0) is 16.2 Å². The van der Waals surface area contributed by atoms with Gasteiger partial charge < -0.3 is 14.2 Å². The predicted octanol–water partition coefficient (Wildman–Crippen LogP) is 4.43. The third-order valence-corrected chi connectivity index (χ3v) is 6.31. The quantitative estimate of drug-likeness (QED) is 0.239. The van der Waals surface area contributed by atoms with E-state index in [0.29, 0.717) is 31.9 Å². The minimum atomic E-state index is -0.842. The van der Waals surface area contributed by atoms with Crippen molar-refractivity contribution in [2.75, 3.05) is 19.1 Å². The molecule has 37 heavy (non-hydrogen) atoms. The summed E-state index contributed by atoms with van der Waals surface area (Å²) in [6.45, 7) is 0.149. The number of urea groups is 1. The first-order valence-corrected chi connectivity index (χ1v) is 12.0. The Hall–Kier alpha value is -4.37. The Balaban J connectivity index is 1.64. The van der Waals surface area contributed by atoms with Crippen LogP contribution in [0, 0.1) is 14.9 Å². The first-order chi connectivity index (χ1) is 17.9. The highest BCUT2D eigenvalue weighted by Gasteiger charge is 2.37. The second-order valence-electron chi connectivity index (χ2n) is 7.75. The molecule has 0 unspecified atom stereocenters. The monoisotopic (exact) mass is 609 g/mol. The highest BCUT2D eigenvalue weighted by Crippen LogP contribution is 2.36. The van der Waals surface area contributed by atoms with E-state index >= 15 is 0 Å². The number of imide groups is 2. The lowest BCUT2D eigenvalue weighted by atomic mass is 10.1. The Morgan fingerprint density at radius 3 is 2.43 bits per heavy atom. The number of benzene rings is 3. The van der Waals surface area contributed by atoms with Gasteiger partial charge in [-0.05, 0) is 76.7 Å². The second-order valence-corrected chi connectivity index (χ2v) is 8.91. The summed E-state index contributed by atoms with van der Waals surface area (Å²) in [4.78, 5) is 39.1. The summed E-state index contributed by atoms with van der Waals surface area (Å²) in [7, 11) is 2.98. The topological polar surface area (TPSA) is 118 Å². The van der Waals surface area contributed by atoms with E-state index in [1.165, 1.54) is 20.3 Å². The van der Waals surface area contributed by atoms with E-state index in [1.54, 1.807) is 54.6 Å². The number of amides is 4. The number of nitrogens with one attached hydrogen (secondary N) is 1. The molecule has 4 amide bonds. The Morgan fingerprint density at radius 1 is 1.03 bits per heavy atom. The van der Waals surface area contributed by atoms with Gasteiger partial charge in [-0.25, -0.2) is 9.69 Å². The summed E-state index contributed by atoms with van der Waals surface area (Å²) in [6.07, 6.45) is 1.39. The van der Waals surface area contributed by atoms with Gasteiger partial charge >= 0.3 is 6.03 Å². The Labute approximate surface area is 226 Å². The molecule has 10 heteroatoms. The van der Waals surface area contributed by atoms with Crippen LogP contribution in [0.2, 0.25) is 0 Å². The van der Waals surface area contributed by atoms with Crippen molar-refractivity contribution in [1.82, 2.24) is 5.32 Å². The van der Waals surface area contributed by atoms with Crippen molar-refractivity contribution in [2.24, 2.45) is 0 Å². The van der Waals surface area contributed by atoms with E-state index < -0.39 is 17.8 Å². The molecule has 4 rings (SSSR count). The van der Waals surface area contributed by atoms with Gasteiger partial charge in [-0.2, -0.15) is 5.26 Å². The predicted molar refractivity (Wildman–Crippen MR) is 143 cm³/mol. The summed E-state index contributed by atoms with van der Waals surface area (Å²) in [5.41, 5.74) is 1.80. The van der Waals surface area contributed by atoms with Gasteiger partial charge in [0.2, 0.25) is 0 Å². The molecule has 1 aliphatic heterocycles. The lowest BCUT2D eigenvalue weighted by Crippen LogP contribution is -2.54. The van der Waals surface area contributed by atoms with Crippen LogP contribution in [0.4, 0.5) is 10.5 Å². The molecular formula is C27H20IN3O6. The van der Waals surface area contributed by atoms with E-state index in [1.807, 2.05) is 6.07 Å². The molecule has 1 saturated heterocycles. The lowest BCUT2D eigenvalue weighted by molar-refractivity contribution is -0.122. The molecule has 1 heterocycles. The number of anilines is 1. The molecule has 0 saturated carbocycles. The second kappa shape index (κ2) is 11.1. The molecule has 3 aromatic carbocycles. The molecule has 1 N–H and O–H groups in total. The van der Waals surface area contributed by atoms with Gasteiger partial charge in [-0.15, -0.1) is 0 Å². The molecule has 0 spiro atoms. The van der Waals surface area contributed by atoms with Crippen LogP contribution in [0.5, 0.6) is 17.2 Å². The number of carbonyl (C=O) groups is 3.